The van der Waals surface area contributed by atoms with Gasteiger partial charge in [-0.2, -0.15) is 0 Å². The number of hydrogen-bond acceptors (Lipinski definition) is 4. The van der Waals surface area contributed by atoms with Gasteiger partial charge in [-0.3, -0.25) is 20.2 Å². The van der Waals surface area contributed by atoms with Gasteiger partial charge in [-0.1, -0.05) is 0 Å². The maximum Gasteiger partial charge on any atom is 0.319 e. The number of nitrogens with one attached hydrogen (secondary N) is 1. The molecule has 0 aromatic heterocycles. The highest BCUT2D eigenvalue weighted by Gasteiger charge is 2.21. The molecule has 3 N–H and O–H groups in total. The Morgan fingerprint density at radius 3 is 2.56 bits per heavy atom. The number of primary amides is 1. The molecule has 0 aliphatic heterocycles. The molecule has 3 amide bonds. The normalized spacial score (nSPS) is 9.56. The van der Waals surface area contributed by atoms with E-state index in [1.807, 2.05) is 0 Å². The number of hydrogen-bond donors (Lipinski definition) is 2. The lowest BCUT2D eigenvalue weighted by atomic mass is 10.1. The van der Waals surface area contributed by atoms with Gasteiger partial charge >= 0.3 is 6.03 Å². The quantitative estimate of drug-likeness (QED) is 0.566. The fraction of sp³-hybridized carbons (Fsp3) is 0. The number of nitro groups is 1. The molecule has 84 valence electrons. The van der Waals surface area contributed by atoms with Crippen LogP contribution in [-0.2, 0) is 0 Å². The van der Waals surface area contributed by atoms with E-state index in [9.17, 15) is 24.1 Å². The van der Waals surface area contributed by atoms with E-state index in [0.29, 0.717) is 6.07 Å². The van der Waals surface area contributed by atoms with Crippen LogP contribution in [0.1, 0.15) is 10.4 Å². The van der Waals surface area contributed by atoms with Gasteiger partial charge in [-0.15, -0.1) is 0 Å². The van der Waals surface area contributed by atoms with E-state index in [1.54, 1.807) is 5.32 Å². The lowest BCUT2D eigenvalue weighted by Gasteiger charge is -2.02. The first-order valence-electron chi connectivity index (χ1n) is 3.96. The van der Waals surface area contributed by atoms with Crippen molar-refractivity contribution in [2.75, 3.05) is 0 Å². The summed E-state index contributed by atoms with van der Waals surface area (Å²) in [6, 6.07) is 1.13. The second-order valence-corrected chi connectivity index (χ2v) is 2.74. The maximum atomic E-state index is 12.8. The third kappa shape index (κ3) is 2.50. The second kappa shape index (κ2) is 4.34. The van der Waals surface area contributed by atoms with E-state index in [4.69, 9.17) is 0 Å². The van der Waals surface area contributed by atoms with E-state index >= 15 is 0 Å². The van der Waals surface area contributed by atoms with Crippen LogP contribution in [0, 0.1) is 15.9 Å². The van der Waals surface area contributed by atoms with Gasteiger partial charge in [0, 0.05) is 6.07 Å². The van der Waals surface area contributed by atoms with Gasteiger partial charge in [0.05, 0.1) is 4.92 Å². The molecular weight excluding hydrogens is 221 g/mol. The molecule has 0 radical (unpaired) electrons. The first-order chi connectivity index (χ1) is 7.41. The minimum Gasteiger partial charge on any atom is -0.351 e. The van der Waals surface area contributed by atoms with Crippen LogP contribution in [-0.4, -0.2) is 16.9 Å². The molecule has 7 nitrogen and oxygen atoms in total. The van der Waals surface area contributed by atoms with Crippen LogP contribution in [0.2, 0.25) is 0 Å². The fourth-order valence-electron chi connectivity index (χ4n) is 1.03. The predicted octanol–water partition coefficient (Wildman–Crippen LogP) is 0.542. The standard InChI is InChI=1S/C8H6FN3O4/c9-4-1-2-6(12(15)16)5(3-4)7(13)11-8(10)14/h1-3H,(H3,10,11,13,14). The first-order valence-corrected chi connectivity index (χ1v) is 3.96. The third-order valence-electron chi connectivity index (χ3n) is 1.64. The largest absolute Gasteiger partial charge is 0.351 e. The Kier molecular flexibility index (Phi) is 3.14. The van der Waals surface area contributed by atoms with Crippen LogP contribution in [0.5, 0.6) is 0 Å². The number of amides is 3. The zero-order chi connectivity index (χ0) is 12.3. The fourth-order valence-corrected chi connectivity index (χ4v) is 1.03. The van der Waals surface area contributed by atoms with Crippen LogP contribution in [0.3, 0.4) is 0 Å². The molecule has 8 heteroatoms. The van der Waals surface area contributed by atoms with Crippen LogP contribution < -0.4 is 11.1 Å². The van der Waals surface area contributed by atoms with Crippen LogP contribution in [0.25, 0.3) is 0 Å². The topological polar surface area (TPSA) is 115 Å². The Hall–Kier alpha value is -2.51. The van der Waals surface area contributed by atoms with Crippen molar-refractivity contribution >= 4 is 17.6 Å². The summed E-state index contributed by atoms with van der Waals surface area (Å²) in [6.45, 7) is 0. The molecule has 0 atom stereocenters. The Labute approximate surface area is 88.2 Å². The van der Waals surface area contributed by atoms with Gasteiger partial charge in [-0.05, 0) is 12.1 Å². The number of nitrogens with zero attached hydrogens (tertiary/aromatic N) is 1. The van der Waals surface area contributed by atoms with Gasteiger partial charge in [0.1, 0.15) is 11.4 Å². The Balaban J connectivity index is 3.19. The Morgan fingerprint density at radius 1 is 1.44 bits per heavy atom. The molecular formula is C8H6FN3O4. The highest BCUT2D eigenvalue weighted by Crippen LogP contribution is 2.19. The summed E-state index contributed by atoms with van der Waals surface area (Å²) in [6.07, 6.45) is 0. The average molecular weight is 227 g/mol. The van der Waals surface area contributed by atoms with Crippen molar-refractivity contribution in [3.8, 4) is 0 Å². The number of nitrogens with two attached hydrogens (primary N) is 1. The lowest BCUT2D eigenvalue weighted by molar-refractivity contribution is -0.385. The smallest absolute Gasteiger partial charge is 0.319 e. The summed E-state index contributed by atoms with van der Waals surface area (Å²) in [7, 11) is 0. The monoisotopic (exact) mass is 227 g/mol. The van der Waals surface area contributed by atoms with Crippen LogP contribution >= 0.6 is 0 Å². The van der Waals surface area contributed by atoms with E-state index in [-0.39, 0.29) is 0 Å². The van der Waals surface area contributed by atoms with Gasteiger partial charge < -0.3 is 5.73 Å². The molecule has 0 heterocycles. The number of halogens is 1. The van der Waals surface area contributed by atoms with Gasteiger partial charge in [0.25, 0.3) is 11.6 Å². The van der Waals surface area contributed by atoms with Crippen molar-refractivity contribution in [1.29, 1.82) is 0 Å². The van der Waals surface area contributed by atoms with E-state index < -0.39 is 33.9 Å². The molecule has 0 aliphatic rings. The summed E-state index contributed by atoms with van der Waals surface area (Å²) < 4.78 is 12.8. The van der Waals surface area contributed by atoms with Crippen molar-refractivity contribution in [2.45, 2.75) is 0 Å². The molecule has 1 aromatic rings. The lowest BCUT2D eigenvalue weighted by Crippen LogP contribution is -2.35. The zero-order valence-electron chi connectivity index (χ0n) is 7.77. The van der Waals surface area contributed by atoms with Crippen molar-refractivity contribution in [3.63, 3.8) is 0 Å². The summed E-state index contributed by atoms with van der Waals surface area (Å²) in [5.41, 5.74) is 3.48. The van der Waals surface area contributed by atoms with Gasteiger partial charge in [0.2, 0.25) is 0 Å². The van der Waals surface area contributed by atoms with Crippen LogP contribution in [0.4, 0.5) is 14.9 Å². The summed E-state index contributed by atoms with van der Waals surface area (Å²) >= 11 is 0. The summed E-state index contributed by atoms with van der Waals surface area (Å²) in [5.74, 6) is -1.96. The third-order valence-corrected chi connectivity index (χ3v) is 1.64. The molecule has 1 aromatic carbocycles. The maximum absolute atomic E-state index is 12.8. The molecule has 0 fully saturated rings. The average Bonchev–Trinajstić information content (AvgIpc) is 2.15. The number of imide groups is 1. The minimum absolute atomic E-state index is 0.566. The van der Waals surface area contributed by atoms with Crippen molar-refractivity contribution in [1.82, 2.24) is 5.32 Å². The van der Waals surface area contributed by atoms with Gasteiger partial charge in [-0.25, -0.2) is 9.18 Å². The number of urea groups is 1. The number of rotatable bonds is 2. The number of benzene rings is 1. The van der Waals surface area contributed by atoms with Crippen molar-refractivity contribution in [3.05, 3.63) is 39.7 Å². The predicted molar refractivity (Wildman–Crippen MR) is 50.1 cm³/mol. The molecule has 1 rings (SSSR count). The second-order valence-electron chi connectivity index (χ2n) is 2.74. The zero-order valence-corrected chi connectivity index (χ0v) is 7.77. The highest BCUT2D eigenvalue weighted by molar-refractivity contribution is 6.06. The molecule has 0 unspecified atom stereocenters. The molecule has 16 heavy (non-hydrogen) atoms. The first kappa shape index (κ1) is 11.6. The van der Waals surface area contributed by atoms with Crippen molar-refractivity contribution < 1.29 is 18.9 Å². The molecule has 0 saturated heterocycles. The summed E-state index contributed by atoms with van der Waals surface area (Å²) in [4.78, 5) is 31.3. The molecule has 0 spiro atoms. The van der Waals surface area contributed by atoms with Crippen LogP contribution in [0.15, 0.2) is 18.2 Å². The summed E-state index contributed by atoms with van der Waals surface area (Å²) in [5, 5.41) is 12.1. The SMILES string of the molecule is NC(=O)NC(=O)c1cc(F)ccc1[N+](=O)[O-]. The minimum atomic E-state index is -1.18. The molecule has 0 aliphatic carbocycles. The van der Waals surface area contributed by atoms with E-state index in [1.165, 1.54) is 0 Å². The highest BCUT2D eigenvalue weighted by atomic mass is 19.1. The van der Waals surface area contributed by atoms with E-state index in [2.05, 4.69) is 5.73 Å². The van der Waals surface area contributed by atoms with Crippen molar-refractivity contribution in [2.24, 2.45) is 5.73 Å². The number of carbonyl (C=O) groups is 2. The number of nitro benzene ring substituents is 1. The number of carbonyl (C=O) groups excluding carboxylic acids is 2. The Morgan fingerprint density at radius 2 is 2.06 bits per heavy atom. The molecule has 0 bridgehead atoms. The van der Waals surface area contributed by atoms with Gasteiger partial charge in [0.15, 0.2) is 0 Å². The molecule has 0 saturated carbocycles. The Bertz CT molecular complexity index is 474. The van der Waals surface area contributed by atoms with E-state index in [0.717, 1.165) is 12.1 Å².